The van der Waals surface area contributed by atoms with Crippen LogP contribution in [0.1, 0.15) is 39.7 Å². The summed E-state index contributed by atoms with van der Waals surface area (Å²) in [6.45, 7) is 0. The van der Waals surface area contributed by atoms with Crippen molar-refractivity contribution in [2.24, 2.45) is 0 Å². The number of benzene rings is 3. The number of nitrogens with zero attached hydrogens (tertiary/aromatic N) is 3. The van der Waals surface area contributed by atoms with E-state index in [4.69, 9.17) is 14.2 Å². The molecule has 3 aromatic carbocycles. The van der Waals surface area contributed by atoms with Crippen molar-refractivity contribution in [3.05, 3.63) is 148 Å². The van der Waals surface area contributed by atoms with Gasteiger partial charge in [-0.3, -0.25) is 14.3 Å². The van der Waals surface area contributed by atoms with E-state index in [2.05, 4.69) is 15.3 Å². The van der Waals surface area contributed by atoms with Crippen molar-refractivity contribution in [3.8, 4) is 11.5 Å². The summed E-state index contributed by atoms with van der Waals surface area (Å²) in [5.74, 6) is 0.873. The minimum absolute atomic E-state index is 0.0147. The van der Waals surface area contributed by atoms with Crippen LogP contribution >= 0.6 is 0 Å². The third-order valence-corrected chi connectivity index (χ3v) is 8.52. The van der Waals surface area contributed by atoms with Gasteiger partial charge in [0.2, 0.25) is 0 Å². The van der Waals surface area contributed by atoms with Crippen LogP contribution in [0, 0.1) is 0 Å². The van der Waals surface area contributed by atoms with Crippen LogP contribution < -0.4 is 20.5 Å². The van der Waals surface area contributed by atoms with Gasteiger partial charge in [-0.1, -0.05) is 54.6 Å². The summed E-state index contributed by atoms with van der Waals surface area (Å²) in [6.07, 6.45) is -0.134. The number of carbonyl (C=O) groups is 1. The van der Waals surface area contributed by atoms with Gasteiger partial charge in [0.05, 0.1) is 31.3 Å². The lowest BCUT2D eigenvalue weighted by atomic mass is 9.64. The van der Waals surface area contributed by atoms with Gasteiger partial charge in [0.1, 0.15) is 35.8 Å². The zero-order chi connectivity index (χ0) is 33.0. The molecule has 11 heteroatoms. The number of hydrogen-bond donors (Lipinski definition) is 3. The van der Waals surface area contributed by atoms with E-state index in [0.29, 0.717) is 17.1 Å². The molecule has 3 heterocycles. The first-order valence-corrected chi connectivity index (χ1v) is 15.0. The Morgan fingerprint density at radius 3 is 2.09 bits per heavy atom. The van der Waals surface area contributed by atoms with Crippen molar-refractivity contribution in [2.75, 3.05) is 19.5 Å². The van der Waals surface area contributed by atoms with E-state index in [1.54, 1.807) is 32.5 Å². The van der Waals surface area contributed by atoms with E-state index in [1.807, 2.05) is 78.9 Å². The van der Waals surface area contributed by atoms with Gasteiger partial charge in [0.25, 0.3) is 5.91 Å². The third kappa shape index (κ3) is 6.11. The van der Waals surface area contributed by atoms with Crippen LogP contribution in [0.15, 0.2) is 120 Å². The number of aromatic nitrogens is 3. The highest BCUT2D eigenvalue weighted by molar-refractivity contribution is 6.03. The molecule has 1 amide bonds. The van der Waals surface area contributed by atoms with E-state index in [0.717, 1.165) is 16.7 Å². The second-order valence-electron chi connectivity index (χ2n) is 11.1. The van der Waals surface area contributed by atoms with E-state index in [1.165, 1.54) is 23.0 Å². The fourth-order valence-electron chi connectivity index (χ4n) is 6.19. The number of rotatable bonds is 10. The van der Waals surface area contributed by atoms with Gasteiger partial charge >= 0.3 is 5.69 Å². The molecule has 0 bridgehead atoms. The van der Waals surface area contributed by atoms with Crippen LogP contribution in [-0.4, -0.2) is 63.2 Å². The Kier molecular flexibility index (Phi) is 9.12. The normalized spacial score (nSPS) is 18.3. The Labute approximate surface area is 271 Å². The summed E-state index contributed by atoms with van der Waals surface area (Å²) in [5.41, 5.74) is 0.607. The number of carbonyl (C=O) groups excluding carboxylic acids is 1. The Hall–Kier alpha value is -5.36. The molecule has 0 aliphatic carbocycles. The Morgan fingerprint density at radius 1 is 0.915 bits per heavy atom. The predicted molar refractivity (Wildman–Crippen MR) is 174 cm³/mol. The molecule has 0 saturated carbocycles. The summed E-state index contributed by atoms with van der Waals surface area (Å²) in [7, 11) is 3.16. The second kappa shape index (κ2) is 13.6. The van der Waals surface area contributed by atoms with E-state index >= 15 is 0 Å². The van der Waals surface area contributed by atoms with Crippen molar-refractivity contribution in [1.82, 2.24) is 14.5 Å². The summed E-state index contributed by atoms with van der Waals surface area (Å²) >= 11 is 0. The third-order valence-electron chi connectivity index (χ3n) is 8.52. The van der Waals surface area contributed by atoms with E-state index < -0.39 is 41.6 Å². The number of ether oxygens (including phenoxy) is 3. The Bertz CT molecular complexity index is 1820. The van der Waals surface area contributed by atoms with E-state index in [-0.39, 0.29) is 12.2 Å². The first-order valence-electron chi connectivity index (χ1n) is 15.0. The standard InChI is InChI=1S/C36H34N4O7/c1-45-27-14-10-25(11-15-27)36(24-8-4-3-5-9-24,26-12-16-28(46-2)17-13-26)33(42)32-29(41)21-31(47-32)40-20-18-30(39-35(40)44)38-34(43)23-7-6-19-37-22-23/h3-20,22,29,31-33,41-42H,21H2,1-2H3,(H,38,39,43,44)/t29-,31+,32-,33?/m0/s1. The maximum atomic E-state index is 13.2. The summed E-state index contributed by atoms with van der Waals surface area (Å²) in [5, 5.41) is 26.5. The monoisotopic (exact) mass is 634 g/mol. The Balaban J connectivity index is 1.36. The van der Waals surface area contributed by atoms with Gasteiger partial charge < -0.3 is 29.7 Å². The maximum absolute atomic E-state index is 13.2. The number of methoxy groups -OCH3 is 2. The highest BCUT2D eigenvalue weighted by Crippen LogP contribution is 2.47. The number of aliphatic hydroxyl groups excluding tert-OH is 2. The van der Waals surface area contributed by atoms with Crippen LogP contribution in [0.4, 0.5) is 5.82 Å². The number of pyridine rings is 1. The highest BCUT2D eigenvalue weighted by atomic mass is 16.5. The average molecular weight is 635 g/mol. The molecule has 1 saturated heterocycles. The van der Waals surface area contributed by atoms with Gasteiger partial charge in [-0.2, -0.15) is 4.98 Å². The largest absolute Gasteiger partial charge is 0.497 e. The SMILES string of the molecule is COc1ccc(C(c2ccccc2)(c2ccc(OC)cc2)C(O)[C@H]2O[C@@H](n3ccc(NC(=O)c4cccnc4)nc3=O)C[C@@H]2O)cc1. The minimum atomic E-state index is -1.34. The molecule has 3 N–H and O–H groups in total. The van der Waals surface area contributed by atoms with Crippen molar-refractivity contribution in [2.45, 2.75) is 36.4 Å². The molecular weight excluding hydrogens is 600 g/mol. The molecule has 47 heavy (non-hydrogen) atoms. The van der Waals surface area contributed by atoms with Crippen molar-refractivity contribution < 1.29 is 29.2 Å². The van der Waals surface area contributed by atoms with Gasteiger partial charge in [0.15, 0.2) is 0 Å². The topological polar surface area (TPSA) is 145 Å². The van der Waals surface area contributed by atoms with Crippen LogP contribution in [0.2, 0.25) is 0 Å². The van der Waals surface area contributed by atoms with Gasteiger partial charge in [0, 0.05) is 25.0 Å². The summed E-state index contributed by atoms with van der Waals surface area (Å²) in [6, 6.07) is 29.0. The first-order chi connectivity index (χ1) is 22.8. The molecule has 2 aromatic heterocycles. The zero-order valence-corrected chi connectivity index (χ0v) is 25.8. The molecule has 5 aromatic rings. The molecule has 4 atom stereocenters. The number of aliphatic hydroxyl groups is 2. The van der Waals surface area contributed by atoms with Crippen molar-refractivity contribution in [1.29, 1.82) is 0 Å². The van der Waals surface area contributed by atoms with E-state index in [9.17, 15) is 19.8 Å². The quantitative estimate of drug-likeness (QED) is 0.195. The lowest BCUT2D eigenvalue weighted by Gasteiger charge is -2.43. The van der Waals surface area contributed by atoms with Crippen LogP contribution in [-0.2, 0) is 10.2 Å². The molecule has 0 radical (unpaired) electrons. The van der Waals surface area contributed by atoms with Gasteiger partial charge in [-0.25, -0.2) is 4.79 Å². The lowest BCUT2D eigenvalue weighted by Crippen LogP contribution is -2.51. The van der Waals surface area contributed by atoms with Crippen molar-refractivity contribution in [3.63, 3.8) is 0 Å². The van der Waals surface area contributed by atoms with Gasteiger partial charge in [-0.15, -0.1) is 0 Å². The number of amides is 1. The van der Waals surface area contributed by atoms with Crippen LogP contribution in [0.5, 0.6) is 11.5 Å². The number of hydrogen-bond acceptors (Lipinski definition) is 9. The minimum Gasteiger partial charge on any atom is -0.497 e. The Morgan fingerprint density at radius 2 is 1.53 bits per heavy atom. The zero-order valence-electron chi connectivity index (χ0n) is 25.8. The molecule has 6 rings (SSSR count). The molecule has 0 spiro atoms. The molecule has 1 fully saturated rings. The molecule has 240 valence electrons. The van der Waals surface area contributed by atoms with Crippen molar-refractivity contribution >= 4 is 11.7 Å². The number of nitrogens with one attached hydrogen (secondary N) is 1. The molecule has 11 nitrogen and oxygen atoms in total. The van der Waals surface area contributed by atoms with Crippen LogP contribution in [0.25, 0.3) is 0 Å². The highest BCUT2D eigenvalue weighted by Gasteiger charge is 2.52. The van der Waals surface area contributed by atoms with Gasteiger partial charge in [-0.05, 0) is 59.2 Å². The average Bonchev–Trinajstić information content (AvgIpc) is 3.50. The predicted octanol–water partition coefficient (Wildman–Crippen LogP) is 3.95. The van der Waals surface area contributed by atoms with Crippen LogP contribution in [0.3, 0.4) is 0 Å². The molecule has 1 unspecified atom stereocenters. The lowest BCUT2D eigenvalue weighted by molar-refractivity contribution is -0.0976. The first kappa shape index (κ1) is 31.6. The number of anilines is 1. The summed E-state index contributed by atoms with van der Waals surface area (Å²) in [4.78, 5) is 33.6. The maximum Gasteiger partial charge on any atom is 0.351 e. The summed E-state index contributed by atoms with van der Waals surface area (Å²) < 4.78 is 18.4. The molecule has 1 aliphatic rings. The fourth-order valence-corrected chi connectivity index (χ4v) is 6.19. The smallest absolute Gasteiger partial charge is 0.351 e. The fraction of sp³-hybridized carbons (Fsp3) is 0.222. The second-order valence-corrected chi connectivity index (χ2v) is 11.1. The molecule has 1 aliphatic heterocycles. The molecular formula is C36H34N4O7.